The average Bonchev–Trinajstić information content (AvgIpc) is 3.02. The van der Waals surface area contributed by atoms with E-state index in [-0.39, 0.29) is 11.6 Å². The zero-order valence-corrected chi connectivity index (χ0v) is 15.1. The number of aryl methyl sites for hydroxylation is 2. The molecule has 1 aromatic heterocycles. The van der Waals surface area contributed by atoms with Crippen LogP contribution in [0.25, 0.3) is 0 Å². The maximum absolute atomic E-state index is 12.2. The van der Waals surface area contributed by atoms with Crippen molar-refractivity contribution in [3.63, 3.8) is 0 Å². The molecule has 0 atom stereocenters. The number of nitrogens with one attached hydrogen (secondary N) is 2. The Morgan fingerprint density at radius 1 is 1.21 bits per heavy atom. The van der Waals surface area contributed by atoms with Crippen LogP contribution in [0.15, 0.2) is 6.20 Å². The lowest BCUT2D eigenvalue weighted by Gasteiger charge is -2.43. The number of hydrogen-bond acceptors (Lipinski definition) is 3. The average molecular weight is 333 g/mol. The topological polar surface area (TPSA) is 62.2 Å². The molecule has 0 spiro atoms. The third-order valence-electron chi connectivity index (χ3n) is 5.70. The number of fused-ring (bicyclic) bond motifs is 1. The molecule has 2 amide bonds. The quantitative estimate of drug-likeness (QED) is 0.869. The standard InChI is InChI=1S/C18H31N5O/c1-22(2)18(9-5-3-6-10-18)14-20-17(24)19-12-15-13-23-11-7-4-8-16(23)21-15/h13H,3-12,14H2,1-2H3,(H2,19,20,24). The molecule has 3 rings (SSSR count). The first-order chi connectivity index (χ1) is 11.6. The molecule has 0 bridgehead atoms. The van der Waals surface area contributed by atoms with Gasteiger partial charge in [0.05, 0.1) is 12.2 Å². The lowest BCUT2D eigenvalue weighted by Crippen LogP contribution is -2.55. The van der Waals surface area contributed by atoms with Crippen molar-refractivity contribution in [3.8, 4) is 0 Å². The summed E-state index contributed by atoms with van der Waals surface area (Å²) in [5.41, 5.74) is 1.07. The van der Waals surface area contributed by atoms with Crippen LogP contribution in [0.2, 0.25) is 0 Å². The van der Waals surface area contributed by atoms with E-state index in [2.05, 4.69) is 45.4 Å². The second-order valence-electron chi connectivity index (χ2n) is 7.51. The van der Waals surface area contributed by atoms with Crippen LogP contribution in [0.5, 0.6) is 0 Å². The van der Waals surface area contributed by atoms with Crippen molar-refractivity contribution in [2.24, 2.45) is 0 Å². The van der Waals surface area contributed by atoms with Gasteiger partial charge in [-0.3, -0.25) is 0 Å². The normalized spacial score (nSPS) is 19.8. The number of nitrogens with zero attached hydrogens (tertiary/aromatic N) is 3. The van der Waals surface area contributed by atoms with Gasteiger partial charge in [-0.15, -0.1) is 0 Å². The Labute approximate surface area is 145 Å². The highest BCUT2D eigenvalue weighted by Gasteiger charge is 2.34. The lowest BCUT2D eigenvalue weighted by molar-refractivity contribution is 0.101. The first-order valence-corrected chi connectivity index (χ1v) is 9.33. The number of likely N-dealkylation sites (N-methyl/N-ethyl adjacent to an activating group) is 1. The highest BCUT2D eigenvalue weighted by atomic mass is 16.2. The molecule has 2 aliphatic rings. The molecule has 6 heteroatoms. The molecule has 6 nitrogen and oxygen atoms in total. The molecule has 1 saturated carbocycles. The predicted octanol–water partition coefficient (Wildman–Crippen LogP) is 2.28. The second kappa shape index (κ2) is 7.55. The van der Waals surface area contributed by atoms with Crippen molar-refractivity contribution >= 4 is 6.03 Å². The number of aromatic nitrogens is 2. The predicted molar refractivity (Wildman–Crippen MR) is 94.9 cm³/mol. The Bertz CT molecular complexity index is 536. The maximum Gasteiger partial charge on any atom is 0.315 e. The first-order valence-electron chi connectivity index (χ1n) is 9.33. The van der Waals surface area contributed by atoms with Gasteiger partial charge in [-0.25, -0.2) is 9.78 Å². The van der Waals surface area contributed by atoms with Gasteiger partial charge in [0.1, 0.15) is 5.82 Å². The van der Waals surface area contributed by atoms with Gasteiger partial charge in [-0.2, -0.15) is 0 Å². The van der Waals surface area contributed by atoms with Crippen molar-refractivity contribution in [2.45, 2.75) is 70.0 Å². The van der Waals surface area contributed by atoms with E-state index in [9.17, 15) is 4.79 Å². The Hall–Kier alpha value is -1.56. The Balaban J connectivity index is 1.47. The molecule has 0 radical (unpaired) electrons. The number of carbonyl (C=O) groups excluding carboxylic acids is 1. The lowest BCUT2D eigenvalue weighted by atomic mass is 9.80. The van der Waals surface area contributed by atoms with Crippen LogP contribution in [0.4, 0.5) is 4.79 Å². The molecule has 24 heavy (non-hydrogen) atoms. The van der Waals surface area contributed by atoms with Gasteiger partial charge in [0.2, 0.25) is 0 Å². The summed E-state index contributed by atoms with van der Waals surface area (Å²) >= 11 is 0. The van der Waals surface area contributed by atoms with Crippen molar-refractivity contribution in [1.29, 1.82) is 0 Å². The van der Waals surface area contributed by atoms with E-state index in [1.165, 1.54) is 32.1 Å². The Morgan fingerprint density at radius 2 is 2.00 bits per heavy atom. The minimum absolute atomic E-state index is 0.0900. The monoisotopic (exact) mass is 333 g/mol. The van der Waals surface area contributed by atoms with Crippen molar-refractivity contribution in [1.82, 2.24) is 25.1 Å². The molecule has 2 heterocycles. The molecular formula is C18H31N5O. The highest BCUT2D eigenvalue weighted by molar-refractivity contribution is 5.73. The van der Waals surface area contributed by atoms with E-state index in [0.29, 0.717) is 13.1 Å². The van der Waals surface area contributed by atoms with Gasteiger partial charge in [0.15, 0.2) is 0 Å². The van der Waals surface area contributed by atoms with Gasteiger partial charge < -0.3 is 20.1 Å². The molecule has 2 N–H and O–H groups in total. The van der Waals surface area contributed by atoms with Crippen molar-refractivity contribution in [3.05, 3.63) is 17.7 Å². The molecule has 1 aromatic rings. The van der Waals surface area contributed by atoms with E-state index in [1.807, 2.05) is 0 Å². The summed E-state index contributed by atoms with van der Waals surface area (Å²) in [7, 11) is 4.25. The third kappa shape index (κ3) is 3.91. The first kappa shape index (κ1) is 17.3. The van der Waals surface area contributed by atoms with Crippen LogP contribution >= 0.6 is 0 Å². The second-order valence-corrected chi connectivity index (χ2v) is 7.51. The molecular weight excluding hydrogens is 302 g/mol. The number of amides is 2. The van der Waals surface area contributed by atoms with Crippen LogP contribution in [-0.2, 0) is 19.5 Å². The van der Waals surface area contributed by atoms with Crippen LogP contribution in [0.1, 0.15) is 56.5 Å². The van der Waals surface area contributed by atoms with E-state index in [4.69, 9.17) is 0 Å². The summed E-state index contributed by atoms with van der Waals surface area (Å²) < 4.78 is 2.22. The van der Waals surface area contributed by atoms with E-state index in [1.54, 1.807) is 0 Å². The number of rotatable bonds is 5. The molecule has 134 valence electrons. The fourth-order valence-corrected chi connectivity index (χ4v) is 4.03. The molecule has 0 aromatic carbocycles. The molecule has 1 aliphatic carbocycles. The van der Waals surface area contributed by atoms with Gasteiger partial charge in [-0.05, 0) is 39.8 Å². The number of hydrogen-bond donors (Lipinski definition) is 2. The van der Waals surface area contributed by atoms with Crippen LogP contribution < -0.4 is 10.6 Å². The van der Waals surface area contributed by atoms with Crippen molar-refractivity contribution in [2.75, 3.05) is 20.6 Å². The fraction of sp³-hybridized carbons (Fsp3) is 0.778. The van der Waals surface area contributed by atoms with Crippen molar-refractivity contribution < 1.29 is 4.79 Å². The van der Waals surface area contributed by atoms with E-state index in [0.717, 1.165) is 37.3 Å². The largest absolute Gasteiger partial charge is 0.336 e. The summed E-state index contributed by atoms with van der Waals surface area (Å²) in [6.45, 7) is 2.27. The molecule has 1 aliphatic heterocycles. The Morgan fingerprint density at radius 3 is 2.71 bits per heavy atom. The number of urea groups is 1. The molecule has 0 saturated heterocycles. The van der Waals surface area contributed by atoms with E-state index >= 15 is 0 Å². The zero-order valence-electron chi connectivity index (χ0n) is 15.1. The molecule has 0 unspecified atom stereocenters. The van der Waals surface area contributed by atoms with Gasteiger partial charge in [-0.1, -0.05) is 19.3 Å². The van der Waals surface area contributed by atoms with Crippen LogP contribution in [0.3, 0.4) is 0 Å². The number of carbonyl (C=O) groups is 1. The summed E-state index contributed by atoms with van der Waals surface area (Å²) in [6.07, 6.45) is 11.7. The minimum atomic E-state index is -0.0900. The smallest absolute Gasteiger partial charge is 0.315 e. The van der Waals surface area contributed by atoms with Crippen LogP contribution in [0, 0.1) is 0 Å². The summed E-state index contributed by atoms with van der Waals surface area (Å²) in [5, 5.41) is 6.04. The highest BCUT2D eigenvalue weighted by Crippen LogP contribution is 2.31. The minimum Gasteiger partial charge on any atom is -0.336 e. The van der Waals surface area contributed by atoms with Gasteiger partial charge in [0, 0.05) is 31.2 Å². The SMILES string of the molecule is CN(C)C1(CNC(=O)NCc2cn3c(n2)CCCC3)CCCCC1. The maximum atomic E-state index is 12.2. The van der Waals surface area contributed by atoms with Crippen LogP contribution in [-0.4, -0.2) is 46.7 Å². The van der Waals surface area contributed by atoms with Gasteiger partial charge >= 0.3 is 6.03 Å². The number of imidazole rings is 1. The third-order valence-corrected chi connectivity index (χ3v) is 5.70. The zero-order chi connectivity index (χ0) is 17.0. The summed E-state index contributed by atoms with van der Waals surface area (Å²) in [4.78, 5) is 19.1. The van der Waals surface area contributed by atoms with E-state index < -0.39 is 0 Å². The fourth-order valence-electron chi connectivity index (χ4n) is 4.03. The summed E-state index contributed by atoms with van der Waals surface area (Å²) in [5.74, 6) is 1.16. The molecule has 1 fully saturated rings. The Kier molecular flexibility index (Phi) is 5.43. The van der Waals surface area contributed by atoms with Gasteiger partial charge in [0.25, 0.3) is 0 Å². The summed E-state index contributed by atoms with van der Waals surface area (Å²) in [6, 6.07) is -0.0900.